The molecule has 12 N–H and O–H groups in total. The predicted octanol–water partition coefficient (Wildman–Crippen LogP) is 9.33. The SMILES string of the molecule is CC/C=C\C/C=C\C/C=C\C/C=C\CCCCC(=O)NC(COC1OC(CO)C(OC2OC(CO)C(OC3OC(CO)C(O)C(O)C3O)C(O)C2O)C(O)C1O)C(O)/C=C/CC/C=C/CCCCCCCCCCCCCCCCCCCCCCCCCC. The summed E-state index contributed by atoms with van der Waals surface area (Å²) in [4.78, 5) is 13.3. The van der Waals surface area contributed by atoms with Gasteiger partial charge in [0.2, 0.25) is 5.91 Å². The molecule has 0 aliphatic carbocycles. The van der Waals surface area contributed by atoms with E-state index in [1.165, 1.54) is 148 Å². The van der Waals surface area contributed by atoms with Crippen molar-refractivity contribution in [2.24, 2.45) is 0 Å². The van der Waals surface area contributed by atoms with Crippen molar-refractivity contribution in [3.8, 4) is 0 Å². The second-order valence-corrected chi connectivity index (χ2v) is 25.0. The van der Waals surface area contributed by atoms with E-state index in [0.29, 0.717) is 12.8 Å². The van der Waals surface area contributed by atoms with Crippen LogP contribution in [0.4, 0.5) is 0 Å². The fourth-order valence-corrected chi connectivity index (χ4v) is 11.6. The third-order valence-electron chi connectivity index (χ3n) is 17.2. The molecule has 522 valence electrons. The van der Waals surface area contributed by atoms with Gasteiger partial charge in [0.25, 0.3) is 0 Å². The Kier molecular flexibility index (Phi) is 47.5. The number of aliphatic hydroxyl groups is 11. The van der Waals surface area contributed by atoms with Crippen molar-refractivity contribution in [3.63, 3.8) is 0 Å². The number of carbonyl (C=O) groups is 1. The Morgan fingerprint density at radius 3 is 1.24 bits per heavy atom. The highest BCUT2D eigenvalue weighted by atomic mass is 16.8. The second-order valence-electron chi connectivity index (χ2n) is 25.0. The molecule has 3 rings (SSSR count). The number of amides is 1. The Labute approximate surface area is 540 Å². The summed E-state index contributed by atoms with van der Waals surface area (Å²) in [6.45, 7) is 1.57. The first-order valence-electron chi connectivity index (χ1n) is 35.2. The molecular formula is C71H125NO18. The first kappa shape index (κ1) is 81.5. The summed E-state index contributed by atoms with van der Waals surface area (Å²) in [5.74, 6) is -0.327. The van der Waals surface area contributed by atoms with Crippen LogP contribution >= 0.6 is 0 Å². The molecule has 1 amide bonds. The molecule has 3 saturated heterocycles. The van der Waals surface area contributed by atoms with Crippen molar-refractivity contribution in [3.05, 3.63) is 72.9 Å². The van der Waals surface area contributed by atoms with E-state index in [1.807, 2.05) is 6.08 Å². The van der Waals surface area contributed by atoms with Crippen LogP contribution in [-0.2, 0) is 33.2 Å². The molecule has 0 bridgehead atoms. The average Bonchev–Trinajstić information content (AvgIpc) is 0.866. The maximum absolute atomic E-state index is 13.3. The van der Waals surface area contributed by atoms with Gasteiger partial charge in [0.1, 0.15) is 73.2 Å². The summed E-state index contributed by atoms with van der Waals surface area (Å²) in [6, 6.07) is -1.02. The zero-order chi connectivity index (χ0) is 65.4. The lowest BCUT2D eigenvalue weighted by molar-refractivity contribution is -0.379. The second kappa shape index (κ2) is 52.5. The maximum Gasteiger partial charge on any atom is 0.220 e. The van der Waals surface area contributed by atoms with Gasteiger partial charge < -0.3 is 89.9 Å². The van der Waals surface area contributed by atoms with Crippen LogP contribution in [0.2, 0.25) is 0 Å². The molecule has 3 fully saturated rings. The molecule has 0 aromatic heterocycles. The van der Waals surface area contributed by atoms with Crippen molar-refractivity contribution < 1.29 is 89.4 Å². The summed E-state index contributed by atoms with van der Waals surface area (Å²) in [7, 11) is 0. The van der Waals surface area contributed by atoms with Crippen molar-refractivity contribution in [2.45, 2.75) is 343 Å². The van der Waals surface area contributed by atoms with Gasteiger partial charge in [0, 0.05) is 6.42 Å². The summed E-state index contributed by atoms with van der Waals surface area (Å²) in [6.07, 6.45) is 39.1. The quantitative estimate of drug-likeness (QED) is 0.0199. The zero-order valence-electron chi connectivity index (χ0n) is 55.1. The number of carbonyl (C=O) groups excluding carboxylic acids is 1. The van der Waals surface area contributed by atoms with Gasteiger partial charge in [-0.3, -0.25) is 4.79 Å². The molecule has 0 spiro atoms. The van der Waals surface area contributed by atoms with Crippen LogP contribution in [0, 0.1) is 0 Å². The average molecular weight is 1280 g/mol. The molecule has 0 radical (unpaired) electrons. The largest absolute Gasteiger partial charge is 0.394 e. The maximum atomic E-state index is 13.3. The van der Waals surface area contributed by atoms with Gasteiger partial charge in [-0.15, -0.1) is 0 Å². The number of unbranched alkanes of at least 4 members (excludes halogenated alkanes) is 27. The van der Waals surface area contributed by atoms with E-state index < -0.39 is 124 Å². The highest BCUT2D eigenvalue weighted by Crippen LogP contribution is 2.33. The number of rotatable bonds is 53. The summed E-state index contributed by atoms with van der Waals surface area (Å²) in [5, 5.41) is 120. The van der Waals surface area contributed by atoms with Crippen LogP contribution in [0.15, 0.2) is 72.9 Å². The van der Waals surface area contributed by atoms with Gasteiger partial charge in [-0.05, 0) is 70.6 Å². The van der Waals surface area contributed by atoms with E-state index in [2.05, 4.69) is 79.9 Å². The van der Waals surface area contributed by atoms with E-state index >= 15 is 0 Å². The zero-order valence-corrected chi connectivity index (χ0v) is 55.1. The normalized spacial score (nSPS) is 28.5. The highest BCUT2D eigenvalue weighted by Gasteiger charge is 2.53. The number of nitrogens with one attached hydrogen (secondary N) is 1. The third kappa shape index (κ3) is 34.1. The first-order chi connectivity index (χ1) is 43.8. The lowest BCUT2D eigenvalue weighted by Gasteiger charge is -2.48. The van der Waals surface area contributed by atoms with Crippen LogP contribution in [0.1, 0.15) is 239 Å². The Balaban J connectivity index is 1.42. The number of ether oxygens (including phenoxy) is 6. The monoisotopic (exact) mass is 1280 g/mol. The van der Waals surface area contributed by atoms with Gasteiger partial charge >= 0.3 is 0 Å². The van der Waals surface area contributed by atoms with Crippen molar-refractivity contribution in [1.29, 1.82) is 0 Å². The molecule has 3 aliphatic heterocycles. The third-order valence-corrected chi connectivity index (χ3v) is 17.2. The Morgan fingerprint density at radius 2 is 0.778 bits per heavy atom. The number of allylic oxidation sites excluding steroid dienone is 11. The molecule has 0 saturated carbocycles. The van der Waals surface area contributed by atoms with Crippen LogP contribution in [0.25, 0.3) is 0 Å². The molecule has 3 heterocycles. The molecule has 90 heavy (non-hydrogen) atoms. The molecule has 0 aromatic rings. The lowest BCUT2D eigenvalue weighted by Crippen LogP contribution is -2.66. The Hall–Kier alpha value is -2.77. The van der Waals surface area contributed by atoms with E-state index in [4.69, 9.17) is 28.4 Å². The number of hydrogen-bond donors (Lipinski definition) is 12. The molecule has 3 aliphatic rings. The number of aliphatic hydroxyl groups excluding tert-OH is 11. The van der Waals surface area contributed by atoms with Crippen LogP contribution in [0.3, 0.4) is 0 Å². The van der Waals surface area contributed by atoms with Crippen LogP contribution < -0.4 is 5.32 Å². The van der Waals surface area contributed by atoms with Crippen LogP contribution in [0.5, 0.6) is 0 Å². The Bertz CT molecular complexity index is 1920. The Morgan fingerprint density at radius 1 is 0.411 bits per heavy atom. The van der Waals surface area contributed by atoms with Crippen molar-refractivity contribution in [1.82, 2.24) is 5.32 Å². The highest BCUT2D eigenvalue weighted by molar-refractivity contribution is 5.76. The first-order valence-corrected chi connectivity index (χ1v) is 35.2. The van der Waals surface area contributed by atoms with Gasteiger partial charge in [-0.1, -0.05) is 234 Å². The van der Waals surface area contributed by atoms with Gasteiger partial charge in [-0.2, -0.15) is 0 Å². The molecule has 17 atom stereocenters. The minimum Gasteiger partial charge on any atom is -0.394 e. The molecule has 0 aromatic carbocycles. The molecule has 17 unspecified atom stereocenters. The minimum atomic E-state index is -1.99. The smallest absolute Gasteiger partial charge is 0.220 e. The molecular weight excluding hydrogens is 1150 g/mol. The fraction of sp³-hybridized carbons (Fsp3) is 0.817. The summed E-state index contributed by atoms with van der Waals surface area (Å²) >= 11 is 0. The fourth-order valence-electron chi connectivity index (χ4n) is 11.6. The number of hydrogen-bond acceptors (Lipinski definition) is 18. The molecule has 19 heteroatoms. The van der Waals surface area contributed by atoms with E-state index in [9.17, 15) is 61.0 Å². The van der Waals surface area contributed by atoms with Crippen molar-refractivity contribution in [2.75, 3.05) is 26.4 Å². The van der Waals surface area contributed by atoms with Gasteiger partial charge in [0.05, 0.1) is 38.6 Å². The predicted molar refractivity (Wildman–Crippen MR) is 351 cm³/mol. The summed E-state index contributed by atoms with van der Waals surface area (Å²) in [5.41, 5.74) is 0. The molecule has 19 nitrogen and oxygen atoms in total. The van der Waals surface area contributed by atoms with Gasteiger partial charge in [0.15, 0.2) is 18.9 Å². The topological polar surface area (TPSA) is 307 Å². The van der Waals surface area contributed by atoms with E-state index in [0.717, 1.165) is 57.8 Å². The standard InChI is InChI=1S/C71H125NO18/c1-3-5-7-9-11-13-15-17-19-20-21-22-23-24-25-26-27-28-29-30-31-32-33-35-36-38-40-42-44-46-48-55(76)54(72-59(77)49-47-45-43-41-39-37-34-18-16-14-12-10-8-6-4-2)53-85-69-65(83)62(80)67(57(51-74)87-69)90-71-66(84)63(81)68(58(52-75)88-71)89-70-64(82)61(79)60(78)56(50-73)86-70/h6,8,12,14,18,34,38-41,46,48,54-58,60-71,73-76,78-84H,3-5,7,9-11,13,15-17,19-33,35-37,42-45,47,49-53H2,1-2H3,(H,72,77)/b8-6-,14-12-,34-18-,40-38+,41-39-,48-46+. The lowest BCUT2D eigenvalue weighted by atomic mass is 9.96. The van der Waals surface area contributed by atoms with Crippen LogP contribution in [-0.4, -0.2) is 193 Å². The van der Waals surface area contributed by atoms with E-state index in [1.54, 1.807) is 6.08 Å². The minimum absolute atomic E-state index is 0.180. The van der Waals surface area contributed by atoms with Gasteiger partial charge in [-0.25, -0.2) is 0 Å². The summed E-state index contributed by atoms with van der Waals surface area (Å²) < 4.78 is 34.3. The van der Waals surface area contributed by atoms with E-state index in [-0.39, 0.29) is 18.9 Å². The van der Waals surface area contributed by atoms with Crippen molar-refractivity contribution >= 4 is 5.91 Å².